The van der Waals surface area contributed by atoms with Gasteiger partial charge in [-0.3, -0.25) is 4.90 Å². The summed E-state index contributed by atoms with van der Waals surface area (Å²) in [4.78, 5) is 14.6. The van der Waals surface area contributed by atoms with E-state index in [1.165, 1.54) is 22.3 Å². The van der Waals surface area contributed by atoms with Crippen LogP contribution in [0.15, 0.2) is 72.8 Å². The number of rotatable bonds is 8. The van der Waals surface area contributed by atoms with Crippen LogP contribution in [0.4, 0.5) is 0 Å². The van der Waals surface area contributed by atoms with Gasteiger partial charge in [0.25, 0.3) is 0 Å². The summed E-state index contributed by atoms with van der Waals surface area (Å²) in [6.07, 6.45) is 0. The third kappa shape index (κ3) is 6.18. The van der Waals surface area contributed by atoms with Gasteiger partial charge in [-0.1, -0.05) is 60.1 Å². The zero-order valence-corrected chi connectivity index (χ0v) is 17.7. The Morgan fingerprint density at radius 2 is 1.34 bits per heavy atom. The Morgan fingerprint density at radius 1 is 0.828 bits per heavy atom. The maximum atomic E-state index is 12.3. The predicted octanol–water partition coefficient (Wildman–Crippen LogP) is 5.82. The smallest absolute Gasteiger partial charge is 0.338 e. The molecule has 3 aromatic carbocycles. The number of benzene rings is 3. The van der Waals surface area contributed by atoms with E-state index < -0.39 is 0 Å². The van der Waals surface area contributed by atoms with E-state index in [9.17, 15) is 4.79 Å². The van der Waals surface area contributed by atoms with Crippen molar-refractivity contribution in [3.63, 3.8) is 0 Å². The molecule has 0 atom stereocenters. The zero-order valence-electron chi connectivity index (χ0n) is 16.9. The third-order valence-electron chi connectivity index (χ3n) is 5.03. The van der Waals surface area contributed by atoms with E-state index in [4.69, 9.17) is 16.3 Å². The van der Waals surface area contributed by atoms with Gasteiger partial charge in [0.05, 0.1) is 5.56 Å². The first-order valence-corrected chi connectivity index (χ1v) is 10.1. The van der Waals surface area contributed by atoms with Crippen LogP contribution in [0.2, 0.25) is 5.02 Å². The van der Waals surface area contributed by atoms with Gasteiger partial charge in [-0.25, -0.2) is 4.79 Å². The van der Waals surface area contributed by atoms with E-state index in [2.05, 4.69) is 67.3 Å². The predicted molar refractivity (Wildman–Crippen MR) is 118 cm³/mol. The van der Waals surface area contributed by atoms with E-state index in [1.807, 2.05) is 0 Å². The van der Waals surface area contributed by atoms with Gasteiger partial charge in [-0.15, -0.1) is 0 Å². The van der Waals surface area contributed by atoms with Gasteiger partial charge >= 0.3 is 5.97 Å². The van der Waals surface area contributed by atoms with Crippen LogP contribution in [0.3, 0.4) is 0 Å². The molecule has 150 valence electrons. The van der Waals surface area contributed by atoms with Crippen molar-refractivity contribution in [1.82, 2.24) is 4.90 Å². The van der Waals surface area contributed by atoms with E-state index in [0.29, 0.717) is 23.7 Å². The normalized spacial score (nSPS) is 10.9. The average molecular weight is 408 g/mol. The molecule has 0 saturated heterocycles. The number of carbonyl (C=O) groups is 1. The molecule has 29 heavy (non-hydrogen) atoms. The Kier molecular flexibility index (Phi) is 7.45. The van der Waals surface area contributed by atoms with E-state index in [-0.39, 0.29) is 5.97 Å². The number of halogens is 1. The molecule has 0 saturated carbocycles. The number of hydrogen-bond donors (Lipinski definition) is 0. The van der Waals surface area contributed by atoms with Crippen LogP contribution in [0.5, 0.6) is 0 Å². The molecule has 3 nitrogen and oxygen atoms in total. The molecule has 0 bridgehead atoms. The highest BCUT2D eigenvalue weighted by atomic mass is 35.5. The lowest BCUT2D eigenvalue weighted by Crippen LogP contribution is -2.28. The van der Waals surface area contributed by atoms with Crippen LogP contribution in [-0.4, -0.2) is 24.0 Å². The number of carbonyl (C=O) groups excluding carboxylic acids is 1. The number of nitrogens with zero attached hydrogens (tertiary/aromatic N) is 1. The van der Waals surface area contributed by atoms with Crippen molar-refractivity contribution in [2.75, 3.05) is 13.2 Å². The third-order valence-corrected chi connectivity index (χ3v) is 5.28. The van der Waals surface area contributed by atoms with Crippen molar-refractivity contribution >= 4 is 17.6 Å². The number of aryl methyl sites for hydroxylation is 2. The standard InChI is InChI=1S/C25H26ClNO2/c1-19-7-3-5-9-22(19)17-27(18-23-10-6-4-8-20(23)2)15-16-29-25(28)21-11-13-24(26)14-12-21/h3-14H,15-18H2,1-2H3. The minimum absolute atomic E-state index is 0.326. The number of esters is 1. The molecule has 0 spiro atoms. The van der Waals surface area contributed by atoms with Crippen molar-refractivity contribution in [1.29, 1.82) is 0 Å². The monoisotopic (exact) mass is 407 g/mol. The minimum atomic E-state index is -0.326. The molecular weight excluding hydrogens is 382 g/mol. The SMILES string of the molecule is Cc1ccccc1CN(CCOC(=O)c1ccc(Cl)cc1)Cc1ccccc1C. The van der Waals surface area contributed by atoms with Gasteiger partial charge in [0.15, 0.2) is 0 Å². The number of ether oxygens (including phenoxy) is 1. The minimum Gasteiger partial charge on any atom is -0.461 e. The fourth-order valence-electron chi connectivity index (χ4n) is 3.21. The summed E-state index contributed by atoms with van der Waals surface area (Å²) in [5.41, 5.74) is 5.61. The number of hydrogen-bond acceptors (Lipinski definition) is 3. The summed E-state index contributed by atoms with van der Waals surface area (Å²) in [6, 6.07) is 23.6. The van der Waals surface area contributed by atoms with Crippen molar-refractivity contribution in [2.45, 2.75) is 26.9 Å². The molecule has 0 heterocycles. The first-order chi connectivity index (χ1) is 14.0. The Balaban J connectivity index is 1.66. The largest absolute Gasteiger partial charge is 0.461 e. The highest BCUT2D eigenvalue weighted by Gasteiger charge is 2.12. The highest BCUT2D eigenvalue weighted by molar-refractivity contribution is 6.30. The second-order valence-electron chi connectivity index (χ2n) is 7.21. The van der Waals surface area contributed by atoms with Crippen LogP contribution in [0, 0.1) is 13.8 Å². The van der Waals surface area contributed by atoms with Crippen LogP contribution in [0.1, 0.15) is 32.6 Å². The van der Waals surface area contributed by atoms with Crippen molar-refractivity contribution < 1.29 is 9.53 Å². The molecule has 0 unspecified atom stereocenters. The van der Waals surface area contributed by atoms with Crippen molar-refractivity contribution in [2.24, 2.45) is 0 Å². The lowest BCUT2D eigenvalue weighted by molar-refractivity contribution is 0.0453. The Bertz CT molecular complexity index is 906. The summed E-state index contributed by atoms with van der Waals surface area (Å²) in [5, 5.41) is 0.601. The molecule has 0 fully saturated rings. The van der Waals surface area contributed by atoms with Crippen LogP contribution in [0.25, 0.3) is 0 Å². The maximum Gasteiger partial charge on any atom is 0.338 e. The Morgan fingerprint density at radius 3 is 1.86 bits per heavy atom. The van der Waals surface area contributed by atoms with Gasteiger partial charge in [0.1, 0.15) is 6.61 Å². The Hall–Kier alpha value is -2.62. The fourth-order valence-corrected chi connectivity index (χ4v) is 3.33. The molecular formula is C25H26ClNO2. The Labute approximate surface area is 177 Å². The first-order valence-electron chi connectivity index (χ1n) is 9.77. The maximum absolute atomic E-state index is 12.3. The molecule has 0 aliphatic carbocycles. The van der Waals surface area contributed by atoms with Gasteiger partial charge in [0.2, 0.25) is 0 Å². The van der Waals surface area contributed by atoms with Crippen molar-refractivity contribution in [3.05, 3.63) is 106 Å². The molecule has 0 radical (unpaired) electrons. The second-order valence-corrected chi connectivity index (χ2v) is 7.64. The summed E-state index contributed by atoms with van der Waals surface area (Å²) < 4.78 is 5.51. The summed E-state index contributed by atoms with van der Waals surface area (Å²) >= 11 is 5.88. The van der Waals surface area contributed by atoms with Crippen LogP contribution >= 0.6 is 11.6 Å². The van der Waals surface area contributed by atoms with E-state index in [1.54, 1.807) is 24.3 Å². The molecule has 0 aliphatic rings. The molecule has 4 heteroatoms. The van der Waals surface area contributed by atoms with Crippen LogP contribution in [-0.2, 0) is 17.8 Å². The van der Waals surface area contributed by atoms with E-state index >= 15 is 0 Å². The molecule has 0 aromatic heterocycles. The fraction of sp³-hybridized carbons (Fsp3) is 0.240. The van der Waals surface area contributed by atoms with Gasteiger partial charge in [-0.2, -0.15) is 0 Å². The van der Waals surface area contributed by atoms with Gasteiger partial charge in [0, 0.05) is 24.7 Å². The summed E-state index contributed by atoms with van der Waals surface area (Å²) in [6.45, 7) is 6.85. The van der Waals surface area contributed by atoms with Gasteiger partial charge < -0.3 is 4.74 Å². The lowest BCUT2D eigenvalue weighted by atomic mass is 10.1. The van der Waals surface area contributed by atoms with Crippen molar-refractivity contribution in [3.8, 4) is 0 Å². The highest BCUT2D eigenvalue weighted by Crippen LogP contribution is 2.16. The molecule has 0 amide bonds. The molecule has 0 N–H and O–H groups in total. The average Bonchev–Trinajstić information content (AvgIpc) is 2.71. The topological polar surface area (TPSA) is 29.5 Å². The zero-order chi connectivity index (χ0) is 20.6. The molecule has 3 aromatic rings. The summed E-state index contributed by atoms with van der Waals surface area (Å²) in [5.74, 6) is -0.326. The van der Waals surface area contributed by atoms with E-state index in [0.717, 1.165) is 13.1 Å². The molecule has 0 aliphatic heterocycles. The van der Waals surface area contributed by atoms with Gasteiger partial charge in [-0.05, 0) is 60.4 Å². The second kappa shape index (κ2) is 10.2. The lowest BCUT2D eigenvalue weighted by Gasteiger charge is -2.24. The van der Waals surface area contributed by atoms with Crippen LogP contribution < -0.4 is 0 Å². The summed E-state index contributed by atoms with van der Waals surface area (Å²) in [7, 11) is 0. The molecule has 3 rings (SSSR count). The quantitative estimate of drug-likeness (QED) is 0.441. The first kappa shape index (κ1) is 21.1.